The molecule has 106 valence electrons. The maximum Gasteiger partial charge on any atom is 0.169 e. The fourth-order valence-corrected chi connectivity index (χ4v) is 2.99. The van der Waals surface area contributed by atoms with Gasteiger partial charge in [0, 0.05) is 6.42 Å². The zero-order valence-electron chi connectivity index (χ0n) is 11.0. The van der Waals surface area contributed by atoms with E-state index in [0.717, 1.165) is 25.2 Å². The highest BCUT2D eigenvalue weighted by Crippen LogP contribution is 2.34. The first-order valence-corrected chi connectivity index (χ1v) is 7.48. The molecule has 2 aromatic rings. The van der Waals surface area contributed by atoms with E-state index < -0.39 is 0 Å². The lowest BCUT2D eigenvalue weighted by atomic mass is 9.93. The second kappa shape index (κ2) is 6.10. The minimum Gasteiger partial charge on any atom is -0.453 e. The predicted octanol–water partition coefficient (Wildman–Crippen LogP) is 3.25. The van der Waals surface area contributed by atoms with Crippen molar-refractivity contribution in [3.63, 3.8) is 0 Å². The molecule has 0 aliphatic carbocycles. The lowest BCUT2D eigenvalue weighted by Crippen LogP contribution is -2.30. The summed E-state index contributed by atoms with van der Waals surface area (Å²) in [5.74, 6) is 6.48. The molecule has 5 heteroatoms. The van der Waals surface area contributed by atoms with Crippen molar-refractivity contribution >= 4 is 15.9 Å². The van der Waals surface area contributed by atoms with Gasteiger partial charge in [-0.05, 0) is 45.6 Å². The summed E-state index contributed by atoms with van der Waals surface area (Å²) >= 11 is 3.31. The predicted molar refractivity (Wildman–Crippen MR) is 79.9 cm³/mol. The van der Waals surface area contributed by atoms with Crippen molar-refractivity contribution in [3.8, 4) is 0 Å². The van der Waals surface area contributed by atoms with E-state index in [-0.39, 0.29) is 12.1 Å². The third kappa shape index (κ3) is 2.81. The van der Waals surface area contributed by atoms with Gasteiger partial charge in [-0.3, -0.25) is 5.84 Å². The number of ether oxygens (including phenoxy) is 1. The van der Waals surface area contributed by atoms with Crippen LogP contribution in [0.3, 0.4) is 0 Å². The molecule has 0 amide bonds. The highest BCUT2D eigenvalue weighted by Gasteiger charge is 2.25. The molecule has 0 fully saturated rings. The number of halogens is 1. The molecule has 1 aromatic carbocycles. The molecule has 2 unspecified atom stereocenters. The molecule has 20 heavy (non-hydrogen) atoms. The van der Waals surface area contributed by atoms with Crippen LogP contribution in [0.15, 0.2) is 45.5 Å². The van der Waals surface area contributed by atoms with E-state index in [1.807, 2.05) is 12.1 Å². The van der Waals surface area contributed by atoms with Crippen LogP contribution >= 0.6 is 15.9 Å². The van der Waals surface area contributed by atoms with Gasteiger partial charge in [0.05, 0.1) is 18.8 Å². The van der Waals surface area contributed by atoms with E-state index in [1.165, 1.54) is 11.1 Å². The summed E-state index contributed by atoms with van der Waals surface area (Å²) in [4.78, 5) is 0. The quantitative estimate of drug-likeness (QED) is 0.664. The van der Waals surface area contributed by atoms with E-state index in [2.05, 4.69) is 45.6 Å². The first kappa shape index (κ1) is 13.8. The number of fused-ring (bicyclic) bond motifs is 1. The van der Waals surface area contributed by atoms with Crippen LogP contribution in [0, 0.1) is 0 Å². The van der Waals surface area contributed by atoms with Gasteiger partial charge in [0.25, 0.3) is 0 Å². The van der Waals surface area contributed by atoms with Gasteiger partial charge in [-0.15, -0.1) is 0 Å². The maximum absolute atomic E-state index is 5.92. The molecule has 2 heterocycles. The summed E-state index contributed by atoms with van der Waals surface area (Å²) in [6.07, 6.45) is 1.76. The Balaban J connectivity index is 1.80. The Labute approximate surface area is 126 Å². The van der Waals surface area contributed by atoms with Crippen molar-refractivity contribution in [1.82, 2.24) is 5.43 Å². The summed E-state index contributed by atoms with van der Waals surface area (Å²) < 4.78 is 12.2. The van der Waals surface area contributed by atoms with Crippen LogP contribution in [0.25, 0.3) is 0 Å². The van der Waals surface area contributed by atoms with Crippen molar-refractivity contribution in [1.29, 1.82) is 0 Å². The van der Waals surface area contributed by atoms with Gasteiger partial charge in [0.2, 0.25) is 0 Å². The summed E-state index contributed by atoms with van der Waals surface area (Å²) in [7, 11) is 0. The van der Waals surface area contributed by atoms with Gasteiger partial charge in [-0.25, -0.2) is 5.43 Å². The normalized spacial score (nSPS) is 19.6. The Bertz CT molecular complexity index is 585. The zero-order valence-corrected chi connectivity index (χ0v) is 12.6. The van der Waals surface area contributed by atoms with Crippen LogP contribution in [0.5, 0.6) is 0 Å². The van der Waals surface area contributed by atoms with E-state index in [9.17, 15) is 0 Å². The largest absolute Gasteiger partial charge is 0.453 e. The van der Waals surface area contributed by atoms with E-state index in [4.69, 9.17) is 15.0 Å². The number of benzene rings is 1. The molecule has 0 radical (unpaired) electrons. The first-order valence-electron chi connectivity index (χ1n) is 6.68. The Hall–Kier alpha value is -1.14. The number of furan rings is 1. The molecular weight excluding hydrogens is 320 g/mol. The smallest absolute Gasteiger partial charge is 0.169 e. The van der Waals surface area contributed by atoms with Gasteiger partial charge >= 0.3 is 0 Å². The molecule has 0 spiro atoms. The summed E-state index contributed by atoms with van der Waals surface area (Å²) in [5.41, 5.74) is 5.43. The maximum atomic E-state index is 5.92. The van der Waals surface area contributed by atoms with Gasteiger partial charge < -0.3 is 9.15 Å². The Morgan fingerprint density at radius 1 is 1.30 bits per heavy atom. The van der Waals surface area contributed by atoms with Crippen LogP contribution < -0.4 is 11.3 Å². The van der Waals surface area contributed by atoms with Crippen molar-refractivity contribution in [3.05, 3.63) is 58.0 Å². The van der Waals surface area contributed by atoms with E-state index in [1.54, 1.807) is 0 Å². The van der Waals surface area contributed by atoms with Gasteiger partial charge in [0.15, 0.2) is 4.67 Å². The van der Waals surface area contributed by atoms with E-state index >= 15 is 0 Å². The Morgan fingerprint density at radius 3 is 2.90 bits per heavy atom. The number of nitrogens with two attached hydrogens (primary N) is 1. The number of hydrogen-bond donors (Lipinski definition) is 2. The molecular formula is C15H17BrN2O2. The van der Waals surface area contributed by atoms with Crippen molar-refractivity contribution in [2.24, 2.45) is 5.84 Å². The third-order valence-electron chi connectivity index (χ3n) is 3.68. The number of nitrogens with one attached hydrogen (secondary N) is 1. The topological polar surface area (TPSA) is 60.4 Å². The van der Waals surface area contributed by atoms with Crippen LogP contribution in [-0.4, -0.2) is 6.61 Å². The fraction of sp³-hybridized carbons (Fsp3) is 0.333. The highest BCUT2D eigenvalue weighted by atomic mass is 79.9. The molecule has 0 bridgehead atoms. The molecule has 1 aliphatic rings. The Kier molecular flexibility index (Phi) is 4.21. The molecule has 3 N–H and O–H groups in total. The average Bonchev–Trinajstić information content (AvgIpc) is 2.91. The highest BCUT2D eigenvalue weighted by molar-refractivity contribution is 9.10. The SMILES string of the molecule is NNC(CC1OCCc2ccccc21)c1ccc(Br)o1. The second-order valence-electron chi connectivity index (χ2n) is 4.91. The average molecular weight is 337 g/mol. The molecule has 4 nitrogen and oxygen atoms in total. The third-order valence-corrected chi connectivity index (χ3v) is 4.11. The zero-order chi connectivity index (χ0) is 13.9. The second-order valence-corrected chi connectivity index (χ2v) is 5.69. The van der Waals surface area contributed by atoms with Crippen molar-refractivity contribution in [2.75, 3.05) is 6.61 Å². The lowest BCUT2D eigenvalue weighted by molar-refractivity contribution is 0.0276. The molecule has 1 aromatic heterocycles. The molecule has 3 rings (SSSR count). The van der Waals surface area contributed by atoms with Crippen LogP contribution in [0.2, 0.25) is 0 Å². The van der Waals surface area contributed by atoms with Crippen LogP contribution in [-0.2, 0) is 11.2 Å². The lowest BCUT2D eigenvalue weighted by Gasteiger charge is -2.28. The van der Waals surface area contributed by atoms with Crippen molar-refractivity contribution in [2.45, 2.75) is 25.0 Å². The molecule has 0 saturated carbocycles. The summed E-state index contributed by atoms with van der Waals surface area (Å²) in [6.45, 7) is 0.751. The molecule has 0 saturated heterocycles. The Morgan fingerprint density at radius 2 is 2.15 bits per heavy atom. The van der Waals surface area contributed by atoms with Gasteiger partial charge in [-0.2, -0.15) is 0 Å². The molecule has 2 atom stereocenters. The number of rotatable bonds is 4. The molecule has 1 aliphatic heterocycles. The standard InChI is InChI=1S/C15H17BrN2O2/c16-15-6-5-13(20-15)12(18-17)9-14-11-4-2-1-3-10(11)7-8-19-14/h1-6,12,14,18H,7-9,17H2. The number of hydrazine groups is 1. The minimum absolute atomic E-state index is 0.0462. The number of hydrogen-bond acceptors (Lipinski definition) is 4. The minimum atomic E-state index is -0.0718. The monoisotopic (exact) mass is 336 g/mol. The van der Waals surface area contributed by atoms with Crippen LogP contribution in [0.4, 0.5) is 0 Å². The van der Waals surface area contributed by atoms with Crippen LogP contribution in [0.1, 0.15) is 35.5 Å². The van der Waals surface area contributed by atoms with Crippen molar-refractivity contribution < 1.29 is 9.15 Å². The fourth-order valence-electron chi connectivity index (χ4n) is 2.67. The summed E-state index contributed by atoms with van der Waals surface area (Å²) in [6, 6.07) is 12.1. The first-order chi connectivity index (χ1) is 9.78. The van der Waals surface area contributed by atoms with Gasteiger partial charge in [0.1, 0.15) is 5.76 Å². The summed E-state index contributed by atoms with van der Waals surface area (Å²) in [5, 5.41) is 0. The van der Waals surface area contributed by atoms with E-state index in [0.29, 0.717) is 4.67 Å². The van der Waals surface area contributed by atoms with Gasteiger partial charge in [-0.1, -0.05) is 24.3 Å².